The number of morpholine rings is 1. The molecule has 6 heteroatoms. The third-order valence-electron chi connectivity index (χ3n) is 3.82. The van der Waals surface area contributed by atoms with Gasteiger partial charge in [0.1, 0.15) is 11.9 Å². The molecule has 2 amide bonds. The molecule has 1 heterocycles. The van der Waals surface area contributed by atoms with Gasteiger partial charge in [0.2, 0.25) is 0 Å². The van der Waals surface area contributed by atoms with Crippen LogP contribution in [0.2, 0.25) is 0 Å². The molecule has 1 aromatic carbocycles. The maximum Gasteiger partial charge on any atom is 0.317 e. The predicted octanol–water partition coefficient (Wildman–Crippen LogP) is 2.09. The molecule has 6 nitrogen and oxygen atoms in total. The first-order valence-electron chi connectivity index (χ1n) is 7.90. The van der Waals surface area contributed by atoms with Crippen LogP contribution in [0.3, 0.4) is 0 Å². The van der Waals surface area contributed by atoms with Gasteiger partial charge in [-0.15, -0.1) is 0 Å². The first-order valence-corrected chi connectivity index (χ1v) is 7.90. The van der Waals surface area contributed by atoms with Crippen LogP contribution in [0.25, 0.3) is 0 Å². The first kappa shape index (κ1) is 17.1. The molecule has 23 heavy (non-hydrogen) atoms. The summed E-state index contributed by atoms with van der Waals surface area (Å²) in [5.41, 5.74) is 1.07. The minimum absolute atomic E-state index is 0.0899. The molecule has 2 atom stereocenters. The monoisotopic (exact) mass is 317 g/mol. The number of nitrogens with zero attached hydrogens (tertiary/aromatic N) is 2. The Bertz CT molecular complexity index is 570. The number of nitrogens with one attached hydrogen (secondary N) is 1. The van der Waals surface area contributed by atoms with Gasteiger partial charge in [-0.3, -0.25) is 0 Å². The van der Waals surface area contributed by atoms with Crippen LogP contribution in [0.4, 0.5) is 4.79 Å². The van der Waals surface area contributed by atoms with E-state index < -0.39 is 6.10 Å². The van der Waals surface area contributed by atoms with E-state index in [4.69, 9.17) is 14.7 Å². The fraction of sp³-hybridized carbons (Fsp3) is 0.529. The third-order valence-corrected chi connectivity index (χ3v) is 3.82. The minimum Gasteiger partial charge on any atom is -0.488 e. The Morgan fingerprint density at radius 2 is 2.35 bits per heavy atom. The minimum atomic E-state index is -0.542. The highest BCUT2D eigenvalue weighted by molar-refractivity contribution is 5.74. The number of hydrogen-bond donors (Lipinski definition) is 1. The van der Waals surface area contributed by atoms with Gasteiger partial charge in [-0.1, -0.05) is 25.1 Å². The second-order valence-corrected chi connectivity index (χ2v) is 5.53. The number of benzene rings is 1. The summed E-state index contributed by atoms with van der Waals surface area (Å²) in [7, 11) is 0. The van der Waals surface area contributed by atoms with E-state index in [1.807, 2.05) is 44.2 Å². The van der Waals surface area contributed by atoms with Crippen molar-refractivity contribution >= 4 is 6.03 Å². The highest BCUT2D eigenvalue weighted by Crippen LogP contribution is 2.18. The Hall–Kier alpha value is -2.26. The van der Waals surface area contributed by atoms with Crippen molar-refractivity contribution < 1.29 is 14.3 Å². The smallest absolute Gasteiger partial charge is 0.317 e. The lowest BCUT2D eigenvalue weighted by molar-refractivity contribution is 0.0153. The van der Waals surface area contributed by atoms with Crippen LogP contribution in [-0.4, -0.2) is 49.4 Å². The Labute approximate surface area is 137 Å². The number of para-hydroxylation sites is 1. The van der Waals surface area contributed by atoms with E-state index >= 15 is 0 Å². The normalized spacial score (nSPS) is 18.8. The van der Waals surface area contributed by atoms with Gasteiger partial charge < -0.3 is 19.7 Å². The quantitative estimate of drug-likeness (QED) is 0.902. The van der Waals surface area contributed by atoms with Crippen molar-refractivity contribution in [1.82, 2.24) is 10.2 Å². The number of nitriles is 1. The van der Waals surface area contributed by atoms with Crippen molar-refractivity contribution in [2.45, 2.75) is 32.5 Å². The van der Waals surface area contributed by atoms with Crippen LogP contribution in [0.1, 0.15) is 18.9 Å². The van der Waals surface area contributed by atoms with Crippen LogP contribution in [0.15, 0.2) is 24.3 Å². The van der Waals surface area contributed by atoms with E-state index in [9.17, 15) is 4.79 Å². The van der Waals surface area contributed by atoms with Gasteiger partial charge in [0.15, 0.2) is 6.10 Å². The lowest BCUT2D eigenvalue weighted by Crippen LogP contribution is -2.50. The highest BCUT2D eigenvalue weighted by atomic mass is 16.5. The van der Waals surface area contributed by atoms with E-state index in [0.29, 0.717) is 26.2 Å². The molecule has 0 bridgehead atoms. The summed E-state index contributed by atoms with van der Waals surface area (Å²) in [6.07, 6.45) is 0.158. The summed E-state index contributed by atoms with van der Waals surface area (Å²) in [5, 5.41) is 11.8. The molecule has 2 rings (SSSR count). The lowest BCUT2D eigenvalue weighted by Gasteiger charge is -2.30. The topological polar surface area (TPSA) is 74.6 Å². The summed E-state index contributed by atoms with van der Waals surface area (Å²) < 4.78 is 11.2. The summed E-state index contributed by atoms with van der Waals surface area (Å²) in [5.74, 6) is 0.838. The Kier molecular flexibility index (Phi) is 6.24. The number of aryl methyl sites for hydroxylation is 1. The Balaban J connectivity index is 1.84. The molecule has 124 valence electrons. The SMILES string of the molecule is CCC(CNC(=O)N1CCOC(C#N)C1)Oc1ccccc1C. The molecule has 1 N–H and O–H groups in total. The van der Waals surface area contributed by atoms with Gasteiger partial charge in [0.05, 0.1) is 25.8 Å². The van der Waals surface area contributed by atoms with Crippen LogP contribution in [0, 0.1) is 18.3 Å². The average molecular weight is 317 g/mol. The molecule has 1 aliphatic heterocycles. The number of carbonyl (C=O) groups excluding carboxylic acids is 1. The molecule has 1 aromatic rings. The van der Waals surface area contributed by atoms with E-state index in [-0.39, 0.29) is 12.1 Å². The van der Waals surface area contributed by atoms with Gasteiger partial charge in [-0.25, -0.2) is 4.79 Å². The Morgan fingerprint density at radius 1 is 1.57 bits per heavy atom. The van der Waals surface area contributed by atoms with Gasteiger partial charge in [-0.05, 0) is 25.0 Å². The predicted molar refractivity (Wildman–Crippen MR) is 86.2 cm³/mol. The van der Waals surface area contributed by atoms with Crippen molar-refractivity contribution in [3.63, 3.8) is 0 Å². The van der Waals surface area contributed by atoms with Gasteiger partial charge in [0.25, 0.3) is 0 Å². The van der Waals surface area contributed by atoms with Gasteiger partial charge >= 0.3 is 6.03 Å². The standard InChI is InChI=1S/C17H23N3O3/c1-3-14(23-16-7-5-4-6-13(16)2)11-19-17(21)20-8-9-22-15(10-18)12-20/h4-7,14-15H,3,8-9,11-12H2,1-2H3,(H,19,21). The van der Waals surface area contributed by atoms with Crippen molar-refractivity contribution in [2.75, 3.05) is 26.2 Å². The largest absolute Gasteiger partial charge is 0.488 e. The van der Waals surface area contributed by atoms with E-state index in [1.54, 1.807) is 4.90 Å². The van der Waals surface area contributed by atoms with Crippen molar-refractivity contribution in [2.24, 2.45) is 0 Å². The molecule has 1 fully saturated rings. The number of urea groups is 1. The molecular formula is C17H23N3O3. The summed E-state index contributed by atoms with van der Waals surface area (Å²) >= 11 is 0. The highest BCUT2D eigenvalue weighted by Gasteiger charge is 2.24. The van der Waals surface area contributed by atoms with Crippen molar-refractivity contribution in [3.8, 4) is 11.8 Å². The van der Waals surface area contributed by atoms with Gasteiger partial charge in [-0.2, -0.15) is 5.26 Å². The molecular weight excluding hydrogens is 294 g/mol. The third kappa shape index (κ3) is 4.86. The Morgan fingerprint density at radius 3 is 3.04 bits per heavy atom. The number of ether oxygens (including phenoxy) is 2. The van der Waals surface area contributed by atoms with Crippen molar-refractivity contribution in [3.05, 3.63) is 29.8 Å². The first-order chi connectivity index (χ1) is 11.1. The molecule has 1 saturated heterocycles. The number of amides is 2. The zero-order valence-electron chi connectivity index (χ0n) is 13.6. The molecule has 1 aliphatic rings. The zero-order valence-corrected chi connectivity index (χ0v) is 13.6. The lowest BCUT2D eigenvalue weighted by atomic mass is 10.2. The average Bonchev–Trinajstić information content (AvgIpc) is 2.59. The molecule has 0 spiro atoms. The number of hydrogen-bond acceptors (Lipinski definition) is 4. The molecule has 0 saturated carbocycles. The molecule has 0 aliphatic carbocycles. The van der Waals surface area contributed by atoms with Gasteiger partial charge in [0, 0.05) is 6.54 Å². The van der Waals surface area contributed by atoms with Crippen LogP contribution in [0.5, 0.6) is 5.75 Å². The van der Waals surface area contributed by atoms with E-state index in [1.165, 1.54) is 0 Å². The molecule has 2 unspecified atom stereocenters. The molecule has 0 aromatic heterocycles. The zero-order chi connectivity index (χ0) is 16.7. The van der Waals surface area contributed by atoms with Crippen molar-refractivity contribution in [1.29, 1.82) is 5.26 Å². The second kappa shape index (κ2) is 8.39. The van der Waals surface area contributed by atoms with Crippen LogP contribution >= 0.6 is 0 Å². The number of carbonyl (C=O) groups is 1. The fourth-order valence-electron chi connectivity index (χ4n) is 2.36. The fourth-order valence-corrected chi connectivity index (χ4v) is 2.36. The summed E-state index contributed by atoms with van der Waals surface area (Å²) in [4.78, 5) is 13.8. The maximum atomic E-state index is 12.2. The molecule has 0 radical (unpaired) electrons. The van der Waals surface area contributed by atoms with E-state index in [2.05, 4.69) is 5.32 Å². The van der Waals surface area contributed by atoms with E-state index in [0.717, 1.165) is 17.7 Å². The maximum absolute atomic E-state index is 12.2. The number of rotatable bonds is 5. The second-order valence-electron chi connectivity index (χ2n) is 5.53. The summed E-state index contributed by atoms with van der Waals surface area (Å²) in [6.45, 7) is 5.64. The van der Waals surface area contributed by atoms with Crippen LogP contribution < -0.4 is 10.1 Å². The van der Waals surface area contributed by atoms with Crippen LogP contribution in [-0.2, 0) is 4.74 Å². The summed E-state index contributed by atoms with van der Waals surface area (Å²) in [6, 6.07) is 9.68.